The molecular weight excluding hydrogens is 368 g/mol. The molecule has 6 nitrogen and oxygen atoms in total. The van der Waals surface area contributed by atoms with Gasteiger partial charge in [0.05, 0.1) is 23.4 Å². The number of carbonyl (C=O) groups excluding carboxylic acids is 3. The van der Waals surface area contributed by atoms with Crippen LogP contribution in [0, 0.1) is 0 Å². The first-order chi connectivity index (χ1) is 12.8. The Kier molecular flexibility index (Phi) is 6.96. The molecule has 2 rings (SSSR count). The molecule has 2 amide bonds. The zero-order valence-electron chi connectivity index (χ0n) is 15.3. The first-order valence-electron chi connectivity index (χ1n) is 8.38. The fourth-order valence-electron chi connectivity index (χ4n) is 2.51. The molecule has 0 heterocycles. The van der Waals surface area contributed by atoms with Crippen LogP contribution in [-0.4, -0.2) is 24.9 Å². The molecule has 142 valence electrons. The number of hydrogen-bond acceptors (Lipinski definition) is 4. The molecule has 2 N–H and O–H groups in total. The zero-order valence-corrected chi connectivity index (χ0v) is 16.1. The van der Waals surface area contributed by atoms with E-state index >= 15 is 0 Å². The summed E-state index contributed by atoms with van der Waals surface area (Å²) in [6, 6.07) is 11.8. The number of para-hydroxylation sites is 1. The summed E-state index contributed by atoms with van der Waals surface area (Å²) in [6.07, 6.45) is -0.384. The van der Waals surface area contributed by atoms with Crippen LogP contribution in [0.2, 0.25) is 5.02 Å². The van der Waals surface area contributed by atoms with Crippen LogP contribution in [0.15, 0.2) is 42.5 Å². The smallest absolute Gasteiger partial charge is 0.337 e. The van der Waals surface area contributed by atoms with E-state index in [1.165, 1.54) is 25.3 Å². The number of anilines is 2. The maximum absolute atomic E-state index is 12.2. The molecule has 0 radical (unpaired) electrons. The van der Waals surface area contributed by atoms with E-state index in [1.54, 1.807) is 6.07 Å². The molecule has 0 saturated heterocycles. The Hall–Kier alpha value is -2.86. The summed E-state index contributed by atoms with van der Waals surface area (Å²) < 4.78 is 4.64. The van der Waals surface area contributed by atoms with Crippen molar-refractivity contribution in [3.05, 3.63) is 58.6 Å². The summed E-state index contributed by atoms with van der Waals surface area (Å²) >= 11 is 6.04. The molecule has 0 aliphatic heterocycles. The van der Waals surface area contributed by atoms with E-state index in [0.717, 1.165) is 5.56 Å². The van der Waals surface area contributed by atoms with Gasteiger partial charge in [0.15, 0.2) is 0 Å². The van der Waals surface area contributed by atoms with Gasteiger partial charge in [-0.3, -0.25) is 9.59 Å². The Morgan fingerprint density at radius 2 is 1.63 bits per heavy atom. The zero-order chi connectivity index (χ0) is 20.0. The van der Waals surface area contributed by atoms with Crippen LogP contribution >= 0.6 is 11.6 Å². The monoisotopic (exact) mass is 388 g/mol. The predicted octanol–water partition coefficient (Wildman–Crippen LogP) is 4.22. The van der Waals surface area contributed by atoms with Crippen LogP contribution < -0.4 is 10.6 Å². The molecule has 2 aromatic carbocycles. The normalized spacial score (nSPS) is 10.4. The maximum atomic E-state index is 12.2. The average Bonchev–Trinajstić information content (AvgIpc) is 2.62. The van der Waals surface area contributed by atoms with E-state index in [1.807, 2.05) is 32.0 Å². The Balaban J connectivity index is 2.04. The third-order valence-electron chi connectivity index (χ3n) is 3.84. The van der Waals surface area contributed by atoms with E-state index < -0.39 is 17.8 Å². The lowest BCUT2D eigenvalue weighted by molar-refractivity contribution is -0.123. The second-order valence-corrected chi connectivity index (χ2v) is 6.61. The second kappa shape index (κ2) is 9.19. The van der Waals surface area contributed by atoms with Crippen molar-refractivity contribution in [3.8, 4) is 0 Å². The molecule has 7 heteroatoms. The number of benzene rings is 2. The van der Waals surface area contributed by atoms with Gasteiger partial charge in [-0.15, -0.1) is 0 Å². The molecule has 0 atom stereocenters. The third-order valence-corrected chi connectivity index (χ3v) is 4.17. The highest BCUT2D eigenvalue weighted by Gasteiger charge is 2.15. The van der Waals surface area contributed by atoms with Crippen LogP contribution in [0.3, 0.4) is 0 Å². The van der Waals surface area contributed by atoms with Crippen molar-refractivity contribution >= 4 is 40.8 Å². The van der Waals surface area contributed by atoms with E-state index in [9.17, 15) is 14.4 Å². The number of nitrogens with one attached hydrogen (secondary N) is 2. The summed E-state index contributed by atoms with van der Waals surface area (Å²) in [5.74, 6) is -1.31. The number of carbonyl (C=O) groups is 3. The van der Waals surface area contributed by atoms with Gasteiger partial charge in [-0.05, 0) is 35.7 Å². The maximum Gasteiger partial charge on any atom is 0.337 e. The van der Waals surface area contributed by atoms with Crippen LogP contribution in [0.5, 0.6) is 0 Å². The Labute approximate surface area is 162 Å². The highest BCUT2D eigenvalue weighted by molar-refractivity contribution is 6.34. The fraction of sp³-hybridized carbons (Fsp3) is 0.250. The van der Waals surface area contributed by atoms with Crippen molar-refractivity contribution < 1.29 is 19.1 Å². The van der Waals surface area contributed by atoms with Crippen molar-refractivity contribution in [2.24, 2.45) is 0 Å². The lowest BCUT2D eigenvalue weighted by atomic mass is 10.0. The number of ether oxygens (including phenoxy) is 1. The lowest BCUT2D eigenvalue weighted by Gasteiger charge is -2.14. The first-order valence-corrected chi connectivity index (χ1v) is 8.76. The highest BCUT2D eigenvalue weighted by atomic mass is 35.5. The van der Waals surface area contributed by atoms with E-state index in [2.05, 4.69) is 15.4 Å². The molecular formula is C20H21ClN2O4. The van der Waals surface area contributed by atoms with Gasteiger partial charge < -0.3 is 15.4 Å². The molecule has 0 aliphatic carbocycles. The van der Waals surface area contributed by atoms with Crippen LogP contribution in [0.4, 0.5) is 11.4 Å². The van der Waals surface area contributed by atoms with Crippen molar-refractivity contribution in [2.75, 3.05) is 17.7 Å². The molecule has 0 bridgehead atoms. The predicted molar refractivity (Wildman–Crippen MR) is 105 cm³/mol. The number of hydrogen-bond donors (Lipinski definition) is 2. The van der Waals surface area contributed by atoms with Gasteiger partial charge in [0.25, 0.3) is 0 Å². The molecule has 0 spiro atoms. The summed E-state index contributed by atoms with van der Waals surface area (Å²) in [4.78, 5) is 36.0. The Bertz CT molecular complexity index is 865. The third kappa shape index (κ3) is 5.56. The molecule has 0 aromatic heterocycles. The second-order valence-electron chi connectivity index (χ2n) is 6.20. The number of esters is 1. The minimum absolute atomic E-state index is 0.232. The van der Waals surface area contributed by atoms with E-state index in [0.29, 0.717) is 5.69 Å². The SMILES string of the molecule is COC(=O)c1ccc(Cl)c(NC(=O)CC(=O)Nc2ccccc2C(C)C)c1. The van der Waals surface area contributed by atoms with Gasteiger partial charge >= 0.3 is 5.97 Å². The standard InChI is InChI=1S/C20H21ClN2O4/c1-12(2)14-6-4-5-7-16(14)22-18(24)11-19(25)23-17-10-13(20(26)27-3)8-9-15(17)21/h4-10,12H,11H2,1-3H3,(H,22,24)(H,23,25). The Morgan fingerprint density at radius 3 is 2.26 bits per heavy atom. The number of amides is 2. The quantitative estimate of drug-likeness (QED) is 0.573. The van der Waals surface area contributed by atoms with E-state index in [4.69, 9.17) is 11.6 Å². The number of halogens is 1. The molecule has 0 saturated carbocycles. The summed E-state index contributed by atoms with van der Waals surface area (Å²) in [7, 11) is 1.26. The number of rotatable bonds is 6. The first kappa shape index (κ1) is 20.5. The highest BCUT2D eigenvalue weighted by Crippen LogP contribution is 2.25. The molecule has 0 aliphatic rings. The fourth-order valence-corrected chi connectivity index (χ4v) is 2.68. The lowest BCUT2D eigenvalue weighted by Crippen LogP contribution is -2.22. The molecule has 2 aromatic rings. The topological polar surface area (TPSA) is 84.5 Å². The van der Waals surface area contributed by atoms with Gasteiger partial charge in [-0.2, -0.15) is 0 Å². The number of methoxy groups -OCH3 is 1. The molecule has 27 heavy (non-hydrogen) atoms. The summed E-state index contributed by atoms with van der Waals surface area (Å²) in [5, 5.41) is 5.55. The van der Waals surface area contributed by atoms with Gasteiger partial charge in [0.1, 0.15) is 6.42 Å². The minimum Gasteiger partial charge on any atom is -0.465 e. The van der Waals surface area contributed by atoms with Crippen molar-refractivity contribution in [3.63, 3.8) is 0 Å². The largest absolute Gasteiger partial charge is 0.465 e. The van der Waals surface area contributed by atoms with Gasteiger partial charge in [0, 0.05) is 5.69 Å². The van der Waals surface area contributed by atoms with Gasteiger partial charge in [-0.25, -0.2) is 4.79 Å². The van der Waals surface area contributed by atoms with Crippen LogP contribution in [0.1, 0.15) is 42.1 Å². The van der Waals surface area contributed by atoms with E-state index in [-0.39, 0.29) is 28.6 Å². The van der Waals surface area contributed by atoms with Crippen molar-refractivity contribution in [1.29, 1.82) is 0 Å². The van der Waals surface area contributed by atoms with Gasteiger partial charge in [0.2, 0.25) is 11.8 Å². The van der Waals surface area contributed by atoms with Crippen LogP contribution in [0.25, 0.3) is 0 Å². The van der Waals surface area contributed by atoms with Crippen molar-refractivity contribution in [1.82, 2.24) is 0 Å². The van der Waals surface area contributed by atoms with Crippen molar-refractivity contribution in [2.45, 2.75) is 26.2 Å². The van der Waals surface area contributed by atoms with Crippen LogP contribution in [-0.2, 0) is 14.3 Å². The molecule has 0 fully saturated rings. The van der Waals surface area contributed by atoms with Gasteiger partial charge in [-0.1, -0.05) is 43.6 Å². The molecule has 0 unspecified atom stereocenters. The summed E-state index contributed by atoms with van der Waals surface area (Å²) in [5.41, 5.74) is 2.14. The average molecular weight is 389 g/mol. The summed E-state index contributed by atoms with van der Waals surface area (Å²) in [6.45, 7) is 4.04. The minimum atomic E-state index is -0.551. The Morgan fingerprint density at radius 1 is 1.00 bits per heavy atom.